The molecule has 1 unspecified atom stereocenters. The van der Waals surface area contributed by atoms with E-state index in [1.807, 2.05) is 0 Å². The molecule has 1 aromatic rings. The topological polar surface area (TPSA) is 99.6 Å². The number of nitrogens with one attached hydrogen (secondary N) is 1. The van der Waals surface area contributed by atoms with E-state index in [-0.39, 0.29) is 12.5 Å². The second-order valence-corrected chi connectivity index (χ2v) is 9.58. The normalized spacial score (nSPS) is 19.6. The lowest BCUT2D eigenvalue weighted by Gasteiger charge is -2.31. The maximum Gasteiger partial charge on any atom is 0.424 e. The minimum atomic E-state index is -5.05. The molecule has 0 spiro atoms. The van der Waals surface area contributed by atoms with Gasteiger partial charge in [0.15, 0.2) is 0 Å². The Hall–Kier alpha value is -1.24. The summed E-state index contributed by atoms with van der Waals surface area (Å²) in [5.41, 5.74) is -3.01. The molecule has 7 nitrogen and oxygen atoms in total. The molecule has 2 heterocycles. The van der Waals surface area contributed by atoms with Gasteiger partial charge in [0, 0.05) is 30.7 Å². The lowest BCUT2D eigenvalue weighted by Crippen LogP contribution is -2.47. The standard InChI is InChI=1S/C15H22F3N3O4S2/c1-10-9-26-13(20-10)14(23,15(16,17)18)7-12(22)19-8-11-3-5-21(6-4-11)27(2,24)25/h9,11,23H,3-8H2,1-2H3,(H,19,22). The predicted molar refractivity (Wildman–Crippen MR) is 93.6 cm³/mol. The third kappa shape index (κ3) is 5.39. The first-order chi connectivity index (χ1) is 12.3. The van der Waals surface area contributed by atoms with E-state index < -0.39 is 39.1 Å². The molecule has 1 saturated heterocycles. The van der Waals surface area contributed by atoms with Gasteiger partial charge in [-0.2, -0.15) is 13.2 Å². The van der Waals surface area contributed by atoms with Gasteiger partial charge in [-0.25, -0.2) is 17.7 Å². The van der Waals surface area contributed by atoms with Gasteiger partial charge in [-0.3, -0.25) is 4.79 Å². The summed E-state index contributed by atoms with van der Waals surface area (Å²) in [5.74, 6) is -0.971. The number of aliphatic hydroxyl groups is 1. The van der Waals surface area contributed by atoms with Crippen LogP contribution in [0.5, 0.6) is 0 Å². The maximum absolute atomic E-state index is 13.4. The highest BCUT2D eigenvalue weighted by molar-refractivity contribution is 7.88. The Morgan fingerprint density at radius 3 is 2.44 bits per heavy atom. The second-order valence-electron chi connectivity index (χ2n) is 6.74. The van der Waals surface area contributed by atoms with Crippen molar-refractivity contribution in [3.05, 3.63) is 16.1 Å². The van der Waals surface area contributed by atoms with E-state index in [0.717, 1.165) is 6.26 Å². The molecule has 1 fully saturated rings. The molecule has 154 valence electrons. The Kier molecular flexibility index (Phi) is 6.55. The highest BCUT2D eigenvalue weighted by atomic mass is 32.2. The Morgan fingerprint density at radius 1 is 1.41 bits per heavy atom. The van der Waals surface area contributed by atoms with E-state index in [1.165, 1.54) is 16.6 Å². The van der Waals surface area contributed by atoms with Crippen LogP contribution in [0.4, 0.5) is 13.2 Å². The number of thiazole rings is 1. The summed E-state index contributed by atoms with van der Waals surface area (Å²) in [6, 6.07) is 0. The molecular formula is C15H22F3N3O4S2. The number of carbonyl (C=O) groups is 1. The second kappa shape index (κ2) is 8.02. The van der Waals surface area contributed by atoms with Crippen molar-refractivity contribution in [1.82, 2.24) is 14.6 Å². The molecule has 0 radical (unpaired) electrons. The lowest BCUT2D eigenvalue weighted by atomic mass is 9.96. The minimum absolute atomic E-state index is 0.0342. The lowest BCUT2D eigenvalue weighted by molar-refractivity contribution is -0.267. The summed E-state index contributed by atoms with van der Waals surface area (Å²) < 4.78 is 64.4. The average Bonchev–Trinajstić information content (AvgIpc) is 2.98. The Balaban J connectivity index is 1.94. The van der Waals surface area contributed by atoms with Gasteiger partial charge in [-0.15, -0.1) is 11.3 Å². The number of piperidine rings is 1. The van der Waals surface area contributed by atoms with E-state index in [9.17, 15) is 31.5 Å². The van der Waals surface area contributed by atoms with Gasteiger partial charge in [-0.05, 0) is 25.7 Å². The molecule has 27 heavy (non-hydrogen) atoms. The number of carbonyl (C=O) groups excluding carboxylic acids is 1. The third-order valence-electron chi connectivity index (χ3n) is 4.49. The molecule has 2 rings (SSSR count). The van der Waals surface area contributed by atoms with Gasteiger partial charge in [0.05, 0.1) is 12.7 Å². The van der Waals surface area contributed by atoms with Crippen LogP contribution in [0.3, 0.4) is 0 Å². The van der Waals surface area contributed by atoms with Gasteiger partial charge in [0.2, 0.25) is 21.5 Å². The molecule has 0 aromatic carbocycles. The van der Waals surface area contributed by atoms with Crippen LogP contribution in [0, 0.1) is 12.8 Å². The molecule has 0 saturated carbocycles. The summed E-state index contributed by atoms with van der Waals surface area (Å²) in [7, 11) is -3.27. The monoisotopic (exact) mass is 429 g/mol. The van der Waals surface area contributed by atoms with Crippen molar-refractivity contribution in [3.8, 4) is 0 Å². The van der Waals surface area contributed by atoms with E-state index in [2.05, 4.69) is 10.3 Å². The first-order valence-electron chi connectivity index (χ1n) is 8.26. The molecule has 1 atom stereocenters. The Morgan fingerprint density at radius 2 is 2.00 bits per heavy atom. The van der Waals surface area contributed by atoms with E-state index in [0.29, 0.717) is 43.0 Å². The average molecular weight is 429 g/mol. The zero-order valence-electron chi connectivity index (χ0n) is 14.9. The molecule has 0 bridgehead atoms. The van der Waals surface area contributed by atoms with Crippen LogP contribution >= 0.6 is 11.3 Å². The fourth-order valence-electron chi connectivity index (χ4n) is 2.84. The number of nitrogens with zero attached hydrogens (tertiary/aromatic N) is 2. The van der Waals surface area contributed by atoms with Crippen LogP contribution in [0.15, 0.2) is 5.38 Å². The SMILES string of the molecule is Cc1csc(C(O)(CC(=O)NCC2CCN(S(C)(=O)=O)CC2)C(F)(F)F)n1. The molecular weight excluding hydrogens is 407 g/mol. The van der Waals surface area contributed by atoms with Crippen molar-refractivity contribution in [1.29, 1.82) is 0 Å². The summed E-state index contributed by atoms with van der Waals surface area (Å²) in [5, 5.41) is 13.4. The zero-order valence-corrected chi connectivity index (χ0v) is 16.5. The molecule has 0 aliphatic carbocycles. The summed E-state index contributed by atoms with van der Waals surface area (Å²) >= 11 is 0.650. The van der Waals surface area contributed by atoms with Gasteiger partial charge in [0.1, 0.15) is 5.01 Å². The highest BCUT2D eigenvalue weighted by Crippen LogP contribution is 2.42. The van der Waals surface area contributed by atoms with Gasteiger partial charge < -0.3 is 10.4 Å². The van der Waals surface area contributed by atoms with Crippen molar-refractivity contribution in [3.63, 3.8) is 0 Å². The van der Waals surface area contributed by atoms with Crippen LogP contribution in [0.2, 0.25) is 0 Å². The fraction of sp³-hybridized carbons (Fsp3) is 0.733. The van der Waals surface area contributed by atoms with Crippen LogP contribution in [-0.4, -0.2) is 60.8 Å². The number of sulfonamides is 1. The number of alkyl halides is 3. The largest absolute Gasteiger partial charge is 0.424 e. The molecule has 1 aliphatic rings. The summed E-state index contributed by atoms with van der Waals surface area (Å²) in [4.78, 5) is 15.7. The van der Waals surface area contributed by atoms with E-state index >= 15 is 0 Å². The van der Waals surface area contributed by atoms with Gasteiger partial charge in [0.25, 0.3) is 0 Å². The van der Waals surface area contributed by atoms with Crippen molar-refractivity contribution in [2.45, 2.75) is 38.0 Å². The molecule has 2 N–H and O–H groups in total. The Labute approximate surface area is 159 Å². The Bertz CT molecular complexity index is 774. The highest BCUT2D eigenvalue weighted by Gasteiger charge is 2.58. The summed E-state index contributed by atoms with van der Waals surface area (Å²) in [6.07, 6.45) is -4.10. The number of rotatable bonds is 6. The minimum Gasteiger partial charge on any atom is -0.374 e. The van der Waals surface area contributed by atoms with Crippen molar-refractivity contribution < 1.29 is 31.5 Å². The molecule has 1 aromatic heterocycles. The number of amides is 1. The first kappa shape index (κ1) is 22.1. The van der Waals surface area contributed by atoms with Crippen LogP contribution in [-0.2, 0) is 20.4 Å². The van der Waals surface area contributed by atoms with E-state index in [4.69, 9.17) is 0 Å². The third-order valence-corrected chi connectivity index (χ3v) is 6.90. The zero-order chi connectivity index (χ0) is 20.5. The number of aryl methyl sites for hydroxylation is 1. The summed E-state index contributed by atoms with van der Waals surface area (Å²) in [6.45, 7) is 2.25. The maximum atomic E-state index is 13.4. The first-order valence-corrected chi connectivity index (χ1v) is 11.0. The van der Waals surface area contributed by atoms with Crippen molar-refractivity contribution >= 4 is 27.3 Å². The smallest absolute Gasteiger partial charge is 0.374 e. The number of halogens is 3. The van der Waals surface area contributed by atoms with Gasteiger partial charge >= 0.3 is 6.18 Å². The quantitative estimate of drug-likeness (QED) is 0.712. The molecule has 1 amide bonds. The fourth-order valence-corrected chi connectivity index (χ4v) is 4.63. The van der Waals surface area contributed by atoms with Crippen LogP contribution in [0.25, 0.3) is 0 Å². The van der Waals surface area contributed by atoms with Crippen LogP contribution < -0.4 is 5.32 Å². The number of hydrogen-bond acceptors (Lipinski definition) is 6. The van der Waals surface area contributed by atoms with Crippen molar-refractivity contribution in [2.24, 2.45) is 5.92 Å². The van der Waals surface area contributed by atoms with Crippen LogP contribution in [0.1, 0.15) is 30.0 Å². The van der Waals surface area contributed by atoms with Gasteiger partial charge in [-0.1, -0.05) is 0 Å². The molecule has 1 aliphatic heterocycles. The number of aromatic nitrogens is 1. The van der Waals surface area contributed by atoms with Crippen molar-refractivity contribution in [2.75, 3.05) is 25.9 Å². The predicted octanol–water partition coefficient (Wildman–Crippen LogP) is 1.38. The number of hydrogen-bond donors (Lipinski definition) is 2. The van der Waals surface area contributed by atoms with E-state index in [1.54, 1.807) is 0 Å². The molecule has 12 heteroatoms.